The fraction of sp³-hybridized carbons (Fsp3) is 0.306. The molecule has 1 fully saturated rings. The standard InChI is InChI=1S/C36H32Cl2F2N6O4/c1-45-35(47)29-20(17-41-45)16-26(32(39)40)43-33(29)42-24-8-4-6-22(31(24)38)21-5-3-7-23(30(21)37)25-15-19-9-10-27(28(19)34(44-25)50-2)46-13-11-18(12-14-46)36(48)49/h3-8,15-18,27,32H,9-14H2,1-2H3,(H,42,43)(H,48,49)/t27-/m0/s1. The van der Waals surface area contributed by atoms with Crippen molar-refractivity contribution >= 4 is 51.4 Å². The molecule has 258 valence electrons. The molecule has 1 aliphatic heterocycles. The van der Waals surface area contributed by atoms with E-state index < -0.39 is 23.6 Å². The van der Waals surface area contributed by atoms with Crippen molar-refractivity contribution < 1.29 is 23.4 Å². The van der Waals surface area contributed by atoms with E-state index in [1.54, 1.807) is 25.3 Å². The lowest BCUT2D eigenvalue weighted by atomic mass is 9.94. The number of aromatic nitrogens is 4. The van der Waals surface area contributed by atoms with Gasteiger partial charge in [0.1, 0.15) is 11.5 Å². The van der Waals surface area contributed by atoms with E-state index in [1.165, 1.54) is 13.2 Å². The number of nitrogens with one attached hydrogen (secondary N) is 1. The molecule has 2 aliphatic rings. The highest BCUT2D eigenvalue weighted by Gasteiger charge is 2.36. The summed E-state index contributed by atoms with van der Waals surface area (Å²) in [6, 6.07) is 14.0. The van der Waals surface area contributed by atoms with E-state index in [9.17, 15) is 23.5 Å². The van der Waals surface area contributed by atoms with Crippen molar-refractivity contribution in [2.45, 2.75) is 38.2 Å². The Bertz CT molecular complexity index is 2210. The SMILES string of the molecule is COc1nc(-c2cccc(-c3cccc(Nc4nc(C(F)F)cc5cnn(C)c(=O)c45)c3Cl)c2Cl)cc2c1[C@@H](N1CCC(C(=O)O)CC1)CC2. The number of carboxylic acid groups (broad SMARTS) is 1. The third-order valence-corrected chi connectivity index (χ3v) is 10.4. The van der Waals surface area contributed by atoms with Crippen LogP contribution in [-0.2, 0) is 18.3 Å². The molecule has 0 spiro atoms. The molecule has 0 radical (unpaired) electrons. The first-order chi connectivity index (χ1) is 24.0. The van der Waals surface area contributed by atoms with Gasteiger partial charge in [0.15, 0.2) is 0 Å². The molecule has 1 atom stereocenters. The molecule has 2 N–H and O–H groups in total. The molecular formula is C36H32Cl2F2N6O4. The highest BCUT2D eigenvalue weighted by atomic mass is 35.5. The number of nitrogens with zero attached hydrogens (tertiary/aromatic N) is 5. The minimum absolute atomic E-state index is 0.0707. The van der Waals surface area contributed by atoms with Gasteiger partial charge in [-0.15, -0.1) is 0 Å². The van der Waals surface area contributed by atoms with Gasteiger partial charge in [-0.2, -0.15) is 5.10 Å². The smallest absolute Gasteiger partial charge is 0.306 e. The Morgan fingerprint density at radius 3 is 2.42 bits per heavy atom. The van der Waals surface area contributed by atoms with Gasteiger partial charge in [-0.3, -0.25) is 14.5 Å². The lowest BCUT2D eigenvalue weighted by Crippen LogP contribution is -2.38. The summed E-state index contributed by atoms with van der Waals surface area (Å²) < 4.78 is 34.5. The third kappa shape index (κ3) is 6.05. The number of ether oxygens (including phenoxy) is 1. The zero-order valence-electron chi connectivity index (χ0n) is 27.1. The van der Waals surface area contributed by atoms with Gasteiger partial charge in [0, 0.05) is 40.7 Å². The van der Waals surface area contributed by atoms with Crippen molar-refractivity contribution in [1.29, 1.82) is 0 Å². The number of hydrogen-bond donors (Lipinski definition) is 2. The van der Waals surface area contributed by atoms with Crippen molar-refractivity contribution in [2.75, 3.05) is 25.5 Å². The number of piperidine rings is 1. The first kappa shape index (κ1) is 33.8. The Balaban J connectivity index is 1.23. The summed E-state index contributed by atoms with van der Waals surface area (Å²) in [5, 5.41) is 17.4. The second kappa shape index (κ2) is 13.6. The van der Waals surface area contributed by atoms with E-state index in [1.807, 2.05) is 24.3 Å². The Morgan fingerprint density at radius 2 is 1.72 bits per heavy atom. The number of benzene rings is 2. The van der Waals surface area contributed by atoms with Gasteiger partial charge < -0.3 is 15.2 Å². The minimum Gasteiger partial charge on any atom is -0.481 e. The first-order valence-corrected chi connectivity index (χ1v) is 16.9. The molecule has 3 aromatic heterocycles. The number of hydrogen-bond acceptors (Lipinski definition) is 8. The summed E-state index contributed by atoms with van der Waals surface area (Å²) in [6.07, 6.45) is 1.39. The molecule has 4 heterocycles. The molecule has 1 aliphatic carbocycles. The average Bonchev–Trinajstić information content (AvgIpc) is 3.54. The van der Waals surface area contributed by atoms with Crippen LogP contribution < -0.4 is 15.6 Å². The number of aliphatic carboxylic acids is 1. The van der Waals surface area contributed by atoms with Crippen LogP contribution >= 0.6 is 23.2 Å². The molecule has 10 nitrogen and oxygen atoms in total. The maximum Gasteiger partial charge on any atom is 0.306 e. The number of rotatable bonds is 8. The number of methoxy groups -OCH3 is 1. The van der Waals surface area contributed by atoms with Crippen molar-refractivity contribution in [3.05, 3.63) is 91.9 Å². The summed E-state index contributed by atoms with van der Waals surface area (Å²) in [6.45, 7) is 1.40. The van der Waals surface area contributed by atoms with Crippen molar-refractivity contribution in [1.82, 2.24) is 24.6 Å². The number of carbonyl (C=O) groups is 1. The van der Waals surface area contributed by atoms with E-state index in [0.29, 0.717) is 64.9 Å². The van der Waals surface area contributed by atoms with E-state index in [0.717, 1.165) is 34.7 Å². The largest absolute Gasteiger partial charge is 0.481 e. The first-order valence-electron chi connectivity index (χ1n) is 16.1. The topological polar surface area (TPSA) is 122 Å². The maximum atomic E-state index is 13.8. The average molecular weight is 722 g/mol. The van der Waals surface area contributed by atoms with Crippen LogP contribution in [0.25, 0.3) is 33.2 Å². The monoisotopic (exact) mass is 720 g/mol. The summed E-state index contributed by atoms with van der Waals surface area (Å²) in [5.41, 5.74) is 3.92. The van der Waals surface area contributed by atoms with Crippen LogP contribution in [0.2, 0.25) is 10.0 Å². The molecule has 0 bridgehead atoms. The fourth-order valence-corrected chi connectivity index (χ4v) is 7.68. The van der Waals surface area contributed by atoms with Crippen LogP contribution in [0.4, 0.5) is 20.3 Å². The summed E-state index contributed by atoms with van der Waals surface area (Å²) >= 11 is 14.1. The molecule has 1 saturated heterocycles. The van der Waals surface area contributed by atoms with Crippen LogP contribution in [0.3, 0.4) is 0 Å². The summed E-state index contributed by atoms with van der Waals surface area (Å²) in [4.78, 5) is 35.8. The summed E-state index contributed by atoms with van der Waals surface area (Å²) in [7, 11) is 3.06. The minimum atomic E-state index is -2.87. The number of pyridine rings is 2. The van der Waals surface area contributed by atoms with Crippen LogP contribution in [-0.4, -0.2) is 55.9 Å². The predicted molar refractivity (Wildman–Crippen MR) is 188 cm³/mol. The van der Waals surface area contributed by atoms with Crippen LogP contribution in [0, 0.1) is 5.92 Å². The second-order valence-electron chi connectivity index (χ2n) is 12.5. The van der Waals surface area contributed by atoms with Crippen LogP contribution in [0.1, 0.15) is 48.6 Å². The number of anilines is 2. The van der Waals surface area contributed by atoms with Crippen molar-refractivity contribution in [2.24, 2.45) is 13.0 Å². The quantitative estimate of drug-likeness (QED) is 0.165. The molecule has 0 unspecified atom stereocenters. The predicted octanol–water partition coefficient (Wildman–Crippen LogP) is 7.84. The number of likely N-dealkylation sites (tertiary alicyclic amines) is 1. The molecule has 50 heavy (non-hydrogen) atoms. The maximum absolute atomic E-state index is 13.8. The van der Waals surface area contributed by atoms with Gasteiger partial charge >= 0.3 is 5.97 Å². The fourth-order valence-electron chi connectivity index (χ4n) is 7.08. The third-order valence-electron chi connectivity index (χ3n) is 9.63. The van der Waals surface area contributed by atoms with Gasteiger partial charge in [0.25, 0.3) is 12.0 Å². The highest BCUT2D eigenvalue weighted by molar-refractivity contribution is 6.39. The molecule has 2 aromatic carbocycles. The van der Waals surface area contributed by atoms with Crippen LogP contribution in [0.15, 0.2) is 59.5 Å². The molecule has 14 heteroatoms. The molecule has 5 aromatic rings. The van der Waals surface area contributed by atoms with E-state index in [2.05, 4.69) is 20.3 Å². The van der Waals surface area contributed by atoms with Crippen LogP contribution in [0.5, 0.6) is 5.88 Å². The zero-order valence-corrected chi connectivity index (χ0v) is 28.6. The second-order valence-corrected chi connectivity index (χ2v) is 13.2. The molecule has 0 saturated carbocycles. The van der Waals surface area contributed by atoms with Gasteiger partial charge in [0.2, 0.25) is 5.88 Å². The Labute approximate surface area is 295 Å². The van der Waals surface area contributed by atoms with Gasteiger partial charge in [-0.25, -0.2) is 23.4 Å². The molecular weight excluding hydrogens is 689 g/mol. The number of halogens is 4. The Kier molecular flexibility index (Phi) is 9.19. The van der Waals surface area contributed by atoms with Gasteiger partial charge in [0.05, 0.1) is 46.0 Å². The number of aryl methyl sites for hydroxylation is 2. The molecule has 0 amide bonds. The van der Waals surface area contributed by atoms with E-state index in [-0.39, 0.29) is 33.6 Å². The number of carboxylic acids is 1. The Morgan fingerprint density at radius 1 is 1.02 bits per heavy atom. The van der Waals surface area contributed by atoms with Gasteiger partial charge in [-0.05, 0) is 62.5 Å². The number of alkyl halides is 2. The lowest BCUT2D eigenvalue weighted by molar-refractivity contribution is -0.143. The van der Waals surface area contributed by atoms with E-state index in [4.69, 9.17) is 32.9 Å². The Hall–Kier alpha value is -4.65. The number of fused-ring (bicyclic) bond motifs is 2. The van der Waals surface area contributed by atoms with E-state index >= 15 is 0 Å². The highest BCUT2D eigenvalue weighted by Crippen LogP contribution is 2.46. The van der Waals surface area contributed by atoms with Gasteiger partial charge in [-0.1, -0.05) is 53.5 Å². The molecule has 7 rings (SSSR count). The lowest BCUT2D eigenvalue weighted by Gasteiger charge is -2.35. The summed E-state index contributed by atoms with van der Waals surface area (Å²) in [5.74, 6) is -0.607. The normalized spacial score (nSPS) is 16.6. The van der Waals surface area contributed by atoms with Crippen molar-refractivity contribution in [3.8, 4) is 28.3 Å². The zero-order chi connectivity index (χ0) is 35.3. The van der Waals surface area contributed by atoms with Crippen molar-refractivity contribution in [3.63, 3.8) is 0 Å².